The van der Waals surface area contributed by atoms with Gasteiger partial charge in [-0.3, -0.25) is 9.59 Å². The first-order chi connectivity index (χ1) is 12.6. The SMILES string of the molecule is CNCC1CCCN(C(=O)C2CCCN(C(=O)c3ccc(F)cc3)C2)C1. The van der Waals surface area contributed by atoms with Crippen LogP contribution in [0.25, 0.3) is 0 Å². The van der Waals surface area contributed by atoms with Gasteiger partial charge >= 0.3 is 0 Å². The fourth-order valence-electron chi connectivity index (χ4n) is 4.12. The molecule has 5 nitrogen and oxygen atoms in total. The predicted octanol–water partition coefficient (Wildman–Crippen LogP) is 2.14. The van der Waals surface area contributed by atoms with E-state index in [1.54, 1.807) is 4.90 Å². The minimum absolute atomic E-state index is 0.116. The van der Waals surface area contributed by atoms with E-state index in [0.717, 1.165) is 45.3 Å². The van der Waals surface area contributed by atoms with Crippen LogP contribution in [0.3, 0.4) is 0 Å². The third-order valence-corrected chi connectivity index (χ3v) is 5.47. The van der Waals surface area contributed by atoms with Crippen LogP contribution in [-0.4, -0.2) is 61.4 Å². The molecule has 0 bridgehead atoms. The topological polar surface area (TPSA) is 52.7 Å². The summed E-state index contributed by atoms with van der Waals surface area (Å²) in [6.45, 7) is 3.68. The average molecular weight is 361 g/mol. The summed E-state index contributed by atoms with van der Waals surface area (Å²) in [4.78, 5) is 29.4. The molecule has 1 aromatic carbocycles. The number of carbonyl (C=O) groups excluding carboxylic acids is 2. The van der Waals surface area contributed by atoms with E-state index < -0.39 is 0 Å². The van der Waals surface area contributed by atoms with Crippen LogP contribution in [0.15, 0.2) is 24.3 Å². The zero-order valence-electron chi connectivity index (χ0n) is 15.4. The summed E-state index contributed by atoms with van der Waals surface area (Å²) >= 11 is 0. The van der Waals surface area contributed by atoms with Gasteiger partial charge in [-0.1, -0.05) is 0 Å². The molecule has 26 heavy (non-hydrogen) atoms. The Morgan fingerprint density at radius 1 is 1.08 bits per heavy atom. The normalized spacial score (nSPS) is 23.8. The summed E-state index contributed by atoms with van der Waals surface area (Å²) in [5.41, 5.74) is 0.478. The molecular formula is C20H28FN3O2. The maximum Gasteiger partial charge on any atom is 0.253 e. The van der Waals surface area contributed by atoms with Gasteiger partial charge in [-0.25, -0.2) is 4.39 Å². The van der Waals surface area contributed by atoms with Gasteiger partial charge < -0.3 is 15.1 Å². The van der Waals surface area contributed by atoms with Gasteiger partial charge in [-0.15, -0.1) is 0 Å². The smallest absolute Gasteiger partial charge is 0.253 e. The highest BCUT2D eigenvalue weighted by Gasteiger charge is 2.33. The lowest BCUT2D eigenvalue weighted by molar-refractivity contribution is -0.138. The lowest BCUT2D eigenvalue weighted by Gasteiger charge is -2.38. The first-order valence-electron chi connectivity index (χ1n) is 9.56. The van der Waals surface area contributed by atoms with Gasteiger partial charge in [-0.05, 0) is 69.5 Å². The molecule has 2 heterocycles. The summed E-state index contributed by atoms with van der Waals surface area (Å²) in [5.74, 6) is 0.103. The molecule has 6 heteroatoms. The molecule has 1 aromatic rings. The predicted molar refractivity (Wildman–Crippen MR) is 98.3 cm³/mol. The van der Waals surface area contributed by atoms with E-state index in [0.29, 0.717) is 24.6 Å². The monoisotopic (exact) mass is 361 g/mol. The van der Waals surface area contributed by atoms with Crippen LogP contribution >= 0.6 is 0 Å². The van der Waals surface area contributed by atoms with Crippen molar-refractivity contribution in [3.63, 3.8) is 0 Å². The third-order valence-electron chi connectivity index (χ3n) is 5.47. The van der Waals surface area contributed by atoms with Crippen LogP contribution in [0.5, 0.6) is 0 Å². The number of nitrogens with zero attached hydrogens (tertiary/aromatic N) is 2. The zero-order valence-corrected chi connectivity index (χ0v) is 15.4. The Morgan fingerprint density at radius 2 is 1.77 bits per heavy atom. The highest BCUT2D eigenvalue weighted by Crippen LogP contribution is 2.24. The van der Waals surface area contributed by atoms with Crippen LogP contribution in [0, 0.1) is 17.7 Å². The standard InChI is InChI=1S/C20H28FN3O2/c1-22-12-15-4-2-10-23(13-15)20(26)17-5-3-11-24(14-17)19(25)16-6-8-18(21)9-7-16/h6-9,15,17,22H,2-5,10-14H2,1H3. The van der Waals surface area contributed by atoms with Crippen molar-refractivity contribution < 1.29 is 14.0 Å². The van der Waals surface area contributed by atoms with Gasteiger partial charge in [0.2, 0.25) is 5.91 Å². The van der Waals surface area contributed by atoms with E-state index in [2.05, 4.69) is 5.32 Å². The Morgan fingerprint density at radius 3 is 2.50 bits per heavy atom. The van der Waals surface area contributed by atoms with E-state index in [4.69, 9.17) is 0 Å². The maximum atomic E-state index is 13.1. The minimum Gasteiger partial charge on any atom is -0.342 e. The van der Waals surface area contributed by atoms with Gasteiger partial charge in [0, 0.05) is 31.7 Å². The second-order valence-corrected chi connectivity index (χ2v) is 7.45. The fourth-order valence-corrected chi connectivity index (χ4v) is 4.12. The van der Waals surface area contributed by atoms with Crippen molar-refractivity contribution in [1.82, 2.24) is 15.1 Å². The second kappa shape index (κ2) is 8.62. The summed E-state index contributed by atoms with van der Waals surface area (Å²) in [6, 6.07) is 5.62. The van der Waals surface area contributed by atoms with Crippen molar-refractivity contribution >= 4 is 11.8 Å². The highest BCUT2D eigenvalue weighted by molar-refractivity contribution is 5.94. The number of nitrogens with one attached hydrogen (secondary N) is 1. The van der Waals surface area contributed by atoms with Crippen LogP contribution in [-0.2, 0) is 4.79 Å². The highest BCUT2D eigenvalue weighted by atomic mass is 19.1. The third kappa shape index (κ3) is 4.41. The fraction of sp³-hybridized carbons (Fsp3) is 0.600. The summed E-state index contributed by atoms with van der Waals surface area (Å²) in [6.07, 6.45) is 3.86. The van der Waals surface area contributed by atoms with Crippen molar-refractivity contribution in [2.24, 2.45) is 11.8 Å². The molecule has 0 radical (unpaired) electrons. The molecule has 2 saturated heterocycles. The van der Waals surface area contributed by atoms with Gasteiger partial charge in [0.15, 0.2) is 0 Å². The Bertz CT molecular complexity index is 632. The first-order valence-corrected chi connectivity index (χ1v) is 9.56. The lowest BCUT2D eigenvalue weighted by Crippen LogP contribution is -2.50. The van der Waals surface area contributed by atoms with Crippen LogP contribution in [0.1, 0.15) is 36.0 Å². The quantitative estimate of drug-likeness (QED) is 0.894. The van der Waals surface area contributed by atoms with Crippen molar-refractivity contribution in [2.45, 2.75) is 25.7 Å². The number of hydrogen-bond donors (Lipinski definition) is 1. The second-order valence-electron chi connectivity index (χ2n) is 7.45. The van der Waals surface area contributed by atoms with Gasteiger partial charge in [0.25, 0.3) is 5.91 Å². The molecule has 3 rings (SSSR count). The Hall–Kier alpha value is -1.95. The largest absolute Gasteiger partial charge is 0.342 e. The number of rotatable bonds is 4. The van der Waals surface area contributed by atoms with Crippen molar-refractivity contribution in [3.05, 3.63) is 35.6 Å². The number of piperidine rings is 2. The van der Waals surface area contributed by atoms with E-state index in [-0.39, 0.29) is 23.5 Å². The Labute approximate surface area is 154 Å². The van der Waals surface area contributed by atoms with Crippen LogP contribution in [0.2, 0.25) is 0 Å². The number of benzene rings is 1. The number of hydrogen-bond acceptors (Lipinski definition) is 3. The molecule has 0 aromatic heterocycles. The number of amides is 2. The molecule has 2 fully saturated rings. The van der Waals surface area contributed by atoms with E-state index in [1.807, 2.05) is 11.9 Å². The molecule has 0 saturated carbocycles. The molecular weight excluding hydrogens is 333 g/mol. The zero-order chi connectivity index (χ0) is 18.5. The summed E-state index contributed by atoms with van der Waals surface area (Å²) in [7, 11) is 1.95. The summed E-state index contributed by atoms with van der Waals surface area (Å²) in [5, 5.41) is 3.20. The maximum absolute atomic E-state index is 13.1. The van der Waals surface area contributed by atoms with E-state index in [9.17, 15) is 14.0 Å². The minimum atomic E-state index is -0.352. The number of likely N-dealkylation sites (tertiary alicyclic amines) is 2. The molecule has 2 amide bonds. The van der Waals surface area contributed by atoms with E-state index in [1.165, 1.54) is 24.3 Å². The molecule has 2 atom stereocenters. The van der Waals surface area contributed by atoms with Crippen molar-refractivity contribution in [3.8, 4) is 0 Å². The average Bonchev–Trinajstić information content (AvgIpc) is 2.68. The molecule has 2 unspecified atom stereocenters. The molecule has 142 valence electrons. The molecule has 0 spiro atoms. The number of halogens is 1. The molecule has 0 aliphatic carbocycles. The van der Waals surface area contributed by atoms with Gasteiger partial charge in [0.05, 0.1) is 5.92 Å². The lowest BCUT2D eigenvalue weighted by atomic mass is 9.92. The van der Waals surface area contributed by atoms with Gasteiger partial charge in [0.1, 0.15) is 5.82 Å². The first kappa shape index (κ1) is 18.8. The van der Waals surface area contributed by atoms with Gasteiger partial charge in [-0.2, -0.15) is 0 Å². The van der Waals surface area contributed by atoms with Crippen molar-refractivity contribution in [1.29, 1.82) is 0 Å². The number of carbonyl (C=O) groups is 2. The molecule has 1 N–H and O–H groups in total. The van der Waals surface area contributed by atoms with Crippen LogP contribution < -0.4 is 5.32 Å². The Balaban J connectivity index is 1.61. The van der Waals surface area contributed by atoms with Crippen molar-refractivity contribution in [2.75, 3.05) is 39.8 Å². The molecule has 2 aliphatic rings. The van der Waals surface area contributed by atoms with E-state index >= 15 is 0 Å². The van der Waals surface area contributed by atoms with Crippen LogP contribution in [0.4, 0.5) is 4.39 Å². The summed E-state index contributed by atoms with van der Waals surface area (Å²) < 4.78 is 13.1. The molecule has 2 aliphatic heterocycles. The Kier molecular flexibility index (Phi) is 6.25.